The molecule has 7 nitrogen and oxygen atoms in total. The lowest BCUT2D eigenvalue weighted by Gasteiger charge is -2.28. The van der Waals surface area contributed by atoms with Crippen LogP contribution in [-0.4, -0.2) is 58.6 Å². The average molecular weight is 498 g/mol. The van der Waals surface area contributed by atoms with Crippen molar-refractivity contribution < 1.29 is 17.9 Å². The van der Waals surface area contributed by atoms with Crippen LogP contribution in [0.5, 0.6) is 5.75 Å². The highest BCUT2D eigenvalue weighted by Crippen LogP contribution is 2.27. The third kappa shape index (κ3) is 6.59. The van der Waals surface area contributed by atoms with Crippen LogP contribution in [0.4, 0.5) is 0 Å². The molecule has 174 valence electrons. The van der Waals surface area contributed by atoms with Gasteiger partial charge in [0, 0.05) is 17.8 Å². The predicted octanol–water partition coefficient (Wildman–Crippen LogP) is 4.25. The molecule has 2 heterocycles. The van der Waals surface area contributed by atoms with Crippen molar-refractivity contribution in [2.24, 2.45) is 0 Å². The standard InChI is InChI=1S/C22H28ClN3O4S2/c1-4-10-30-18-7-5-16(6-8-18)13-26(17-9-11-32(28,29)14-17)21(27)20-19(23)12-24-22(25-20)31-15(2)3/h5-8,12,15,17H,4,9-11,13-14H2,1-3H3/t17-/m1/s1. The number of amides is 1. The van der Waals surface area contributed by atoms with E-state index >= 15 is 0 Å². The van der Waals surface area contributed by atoms with Gasteiger partial charge in [-0.2, -0.15) is 0 Å². The number of sulfone groups is 1. The molecule has 3 rings (SSSR count). The Morgan fingerprint density at radius 1 is 1.31 bits per heavy atom. The molecule has 0 bridgehead atoms. The number of hydrogen-bond acceptors (Lipinski definition) is 7. The highest BCUT2D eigenvalue weighted by Gasteiger charge is 2.36. The van der Waals surface area contributed by atoms with Gasteiger partial charge in [0.1, 0.15) is 5.75 Å². The van der Waals surface area contributed by atoms with Crippen LogP contribution < -0.4 is 4.74 Å². The summed E-state index contributed by atoms with van der Waals surface area (Å²) in [5.74, 6) is 0.367. The predicted molar refractivity (Wildman–Crippen MR) is 127 cm³/mol. The number of aromatic nitrogens is 2. The fraction of sp³-hybridized carbons (Fsp3) is 0.500. The van der Waals surface area contributed by atoms with E-state index in [1.54, 1.807) is 4.90 Å². The fourth-order valence-corrected chi connectivity index (χ4v) is 5.98. The minimum absolute atomic E-state index is 0.0628. The van der Waals surface area contributed by atoms with Crippen LogP contribution in [-0.2, 0) is 16.4 Å². The second kappa shape index (κ2) is 10.9. The number of thioether (sulfide) groups is 1. The highest BCUT2D eigenvalue weighted by atomic mass is 35.5. The van der Waals surface area contributed by atoms with E-state index in [2.05, 4.69) is 9.97 Å². The summed E-state index contributed by atoms with van der Waals surface area (Å²) in [7, 11) is -3.18. The first kappa shape index (κ1) is 24.8. The molecule has 1 aliphatic heterocycles. The van der Waals surface area contributed by atoms with Gasteiger partial charge in [-0.15, -0.1) is 0 Å². The van der Waals surface area contributed by atoms with Crippen molar-refractivity contribution in [3.8, 4) is 5.75 Å². The Hall–Kier alpha value is -1.84. The van der Waals surface area contributed by atoms with Gasteiger partial charge in [0.25, 0.3) is 5.91 Å². The van der Waals surface area contributed by atoms with Crippen molar-refractivity contribution in [2.45, 2.75) is 56.6 Å². The summed E-state index contributed by atoms with van der Waals surface area (Å²) < 4.78 is 29.9. The zero-order valence-electron chi connectivity index (χ0n) is 18.5. The topological polar surface area (TPSA) is 89.5 Å². The van der Waals surface area contributed by atoms with E-state index in [0.717, 1.165) is 17.7 Å². The molecule has 1 saturated heterocycles. The maximum Gasteiger partial charge on any atom is 0.274 e. The second-order valence-corrected chi connectivity index (χ2v) is 12.2. The molecule has 2 aromatic rings. The first-order valence-corrected chi connectivity index (χ1v) is 13.7. The minimum Gasteiger partial charge on any atom is -0.494 e. The number of halogens is 1. The molecule has 10 heteroatoms. The third-order valence-corrected chi connectivity index (χ3v) is 7.83. The normalized spacial score (nSPS) is 17.5. The maximum atomic E-state index is 13.5. The smallest absolute Gasteiger partial charge is 0.274 e. The third-order valence-electron chi connectivity index (χ3n) is 4.92. The monoisotopic (exact) mass is 497 g/mol. The van der Waals surface area contributed by atoms with Crippen molar-refractivity contribution in [3.63, 3.8) is 0 Å². The number of rotatable bonds is 9. The summed E-state index contributed by atoms with van der Waals surface area (Å²) in [6.07, 6.45) is 2.73. The van der Waals surface area contributed by atoms with E-state index in [-0.39, 0.29) is 34.0 Å². The molecule has 1 aliphatic rings. The van der Waals surface area contributed by atoms with Gasteiger partial charge in [0.05, 0.1) is 29.3 Å². The Labute approximate surface area is 198 Å². The van der Waals surface area contributed by atoms with Gasteiger partial charge in [0.15, 0.2) is 20.7 Å². The lowest BCUT2D eigenvalue weighted by molar-refractivity contribution is 0.0674. The number of benzene rings is 1. The zero-order chi connectivity index (χ0) is 23.3. The van der Waals surface area contributed by atoms with Gasteiger partial charge in [-0.1, -0.05) is 56.3 Å². The SMILES string of the molecule is CCCOc1ccc(CN(C(=O)c2nc(SC(C)C)ncc2Cl)[C@@H]2CCS(=O)(=O)C2)cc1. The number of carbonyl (C=O) groups is 1. The van der Waals surface area contributed by atoms with Gasteiger partial charge in [-0.05, 0) is 30.5 Å². The lowest BCUT2D eigenvalue weighted by atomic mass is 10.1. The number of carbonyl (C=O) groups excluding carboxylic acids is 1. The Kier molecular flexibility index (Phi) is 8.41. The molecule has 1 aromatic carbocycles. The summed E-state index contributed by atoms with van der Waals surface area (Å²) in [4.78, 5) is 23.7. The Morgan fingerprint density at radius 2 is 2.03 bits per heavy atom. The molecule has 0 aliphatic carbocycles. The lowest BCUT2D eigenvalue weighted by Crippen LogP contribution is -2.41. The fourth-order valence-electron chi connectivity index (χ4n) is 3.40. The molecule has 32 heavy (non-hydrogen) atoms. The molecular weight excluding hydrogens is 470 g/mol. The molecule has 1 atom stereocenters. The Morgan fingerprint density at radius 3 is 2.62 bits per heavy atom. The molecule has 0 saturated carbocycles. The van der Waals surface area contributed by atoms with E-state index in [0.29, 0.717) is 18.2 Å². The zero-order valence-corrected chi connectivity index (χ0v) is 20.8. The van der Waals surface area contributed by atoms with Crippen LogP contribution >= 0.6 is 23.4 Å². The van der Waals surface area contributed by atoms with Crippen molar-refractivity contribution in [1.82, 2.24) is 14.9 Å². The van der Waals surface area contributed by atoms with E-state index < -0.39 is 21.8 Å². The summed E-state index contributed by atoms with van der Waals surface area (Å²) >= 11 is 7.72. The molecular formula is C22H28ClN3O4S2. The molecule has 0 unspecified atom stereocenters. The van der Waals surface area contributed by atoms with Crippen LogP contribution in [0.25, 0.3) is 0 Å². The quantitative estimate of drug-likeness (QED) is 0.378. The Bertz CT molecular complexity index is 1050. The van der Waals surface area contributed by atoms with Gasteiger partial charge in [-0.25, -0.2) is 18.4 Å². The van der Waals surface area contributed by atoms with Crippen LogP contribution in [0.2, 0.25) is 5.02 Å². The van der Waals surface area contributed by atoms with Crippen molar-refractivity contribution in [3.05, 3.63) is 46.7 Å². The van der Waals surface area contributed by atoms with E-state index in [9.17, 15) is 13.2 Å². The first-order valence-electron chi connectivity index (χ1n) is 10.6. The van der Waals surface area contributed by atoms with Gasteiger partial charge < -0.3 is 9.64 Å². The van der Waals surface area contributed by atoms with Crippen LogP contribution in [0.3, 0.4) is 0 Å². The van der Waals surface area contributed by atoms with Gasteiger partial charge in [-0.3, -0.25) is 4.79 Å². The van der Waals surface area contributed by atoms with Crippen LogP contribution in [0, 0.1) is 0 Å². The average Bonchev–Trinajstić information content (AvgIpc) is 3.11. The minimum atomic E-state index is -3.18. The number of ether oxygens (including phenoxy) is 1. The number of hydrogen-bond donors (Lipinski definition) is 0. The van der Waals surface area contributed by atoms with E-state index in [1.165, 1.54) is 18.0 Å². The summed E-state index contributed by atoms with van der Waals surface area (Å²) in [5.41, 5.74) is 0.963. The van der Waals surface area contributed by atoms with Crippen molar-refractivity contribution in [2.75, 3.05) is 18.1 Å². The Balaban J connectivity index is 1.89. The van der Waals surface area contributed by atoms with Crippen LogP contribution in [0.15, 0.2) is 35.6 Å². The second-order valence-electron chi connectivity index (χ2n) is 8.00. The summed E-state index contributed by atoms with van der Waals surface area (Å²) in [6, 6.07) is 7.05. The summed E-state index contributed by atoms with van der Waals surface area (Å²) in [6.45, 7) is 6.94. The molecule has 0 radical (unpaired) electrons. The molecule has 1 amide bonds. The largest absolute Gasteiger partial charge is 0.494 e. The molecule has 1 aromatic heterocycles. The number of nitrogens with zero attached hydrogens (tertiary/aromatic N) is 3. The van der Waals surface area contributed by atoms with Gasteiger partial charge >= 0.3 is 0 Å². The highest BCUT2D eigenvalue weighted by molar-refractivity contribution is 7.99. The molecule has 1 fully saturated rings. The van der Waals surface area contributed by atoms with Crippen molar-refractivity contribution >= 4 is 39.1 Å². The molecule has 0 N–H and O–H groups in total. The first-order chi connectivity index (χ1) is 15.2. The van der Waals surface area contributed by atoms with Gasteiger partial charge in [0.2, 0.25) is 0 Å². The van der Waals surface area contributed by atoms with E-state index in [1.807, 2.05) is 45.0 Å². The molecule has 0 spiro atoms. The van der Waals surface area contributed by atoms with E-state index in [4.69, 9.17) is 16.3 Å². The van der Waals surface area contributed by atoms with Crippen molar-refractivity contribution in [1.29, 1.82) is 0 Å². The van der Waals surface area contributed by atoms with Crippen LogP contribution in [0.1, 0.15) is 49.7 Å². The summed E-state index contributed by atoms with van der Waals surface area (Å²) in [5, 5.41) is 0.852. The maximum absolute atomic E-state index is 13.5.